The first-order valence-electron chi connectivity index (χ1n) is 9.70. The highest BCUT2D eigenvalue weighted by atomic mass is 19.4. The van der Waals surface area contributed by atoms with Crippen LogP contribution in [0.15, 0.2) is 42.5 Å². The van der Waals surface area contributed by atoms with E-state index in [1.54, 1.807) is 28.0 Å². The highest BCUT2D eigenvalue weighted by molar-refractivity contribution is 5.96. The minimum atomic E-state index is -4.44. The van der Waals surface area contributed by atoms with Crippen LogP contribution in [0, 0.1) is 6.92 Å². The number of nitrogens with zero attached hydrogens (tertiary/aromatic N) is 2. The van der Waals surface area contributed by atoms with Crippen LogP contribution >= 0.6 is 0 Å². The van der Waals surface area contributed by atoms with E-state index in [0.717, 1.165) is 23.4 Å². The van der Waals surface area contributed by atoms with Crippen LogP contribution < -0.4 is 4.74 Å². The van der Waals surface area contributed by atoms with E-state index in [0.29, 0.717) is 38.3 Å². The van der Waals surface area contributed by atoms with E-state index in [4.69, 9.17) is 4.74 Å². The number of amides is 2. The van der Waals surface area contributed by atoms with E-state index in [2.05, 4.69) is 0 Å². The predicted molar refractivity (Wildman–Crippen MR) is 106 cm³/mol. The smallest absolute Gasteiger partial charge is 0.416 e. The zero-order chi connectivity index (χ0) is 21.9. The van der Waals surface area contributed by atoms with Crippen molar-refractivity contribution in [3.05, 3.63) is 64.7 Å². The molecule has 0 aromatic heterocycles. The molecule has 1 aliphatic heterocycles. The molecule has 0 N–H and O–H groups in total. The molecule has 2 aromatic rings. The second-order valence-corrected chi connectivity index (χ2v) is 7.07. The molecule has 1 fully saturated rings. The third kappa shape index (κ3) is 4.75. The summed E-state index contributed by atoms with van der Waals surface area (Å²) in [5.74, 6) is 0.275. The van der Waals surface area contributed by atoms with Gasteiger partial charge >= 0.3 is 6.18 Å². The number of piperazine rings is 1. The van der Waals surface area contributed by atoms with Crippen LogP contribution in [0.5, 0.6) is 5.75 Å². The molecule has 0 aliphatic carbocycles. The molecule has 0 spiro atoms. The van der Waals surface area contributed by atoms with Gasteiger partial charge in [0.15, 0.2) is 0 Å². The van der Waals surface area contributed by atoms with Gasteiger partial charge in [-0.25, -0.2) is 0 Å². The molecule has 2 aromatic carbocycles. The first kappa shape index (κ1) is 21.7. The van der Waals surface area contributed by atoms with Crippen molar-refractivity contribution >= 4 is 11.8 Å². The van der Waals surface area contributed by atoms with Gasteiger partial charge in [-0.2, -0.15) is 13.2 Å². The molecule has 0 saturated carbocycles. The van der Waals surface area contributed by atoms with Gasteiger partial charge in [0.1, 0.15) is 5.75 Å². The van der Waals surface area contributed by atoms with Gasteiger partial charge in [-0.3, -0.25) is 9.59 Å². The Hall–Kier alpha value is -3.03. The van der Waals surface area contributed by atoms with E-state index >= 15 is 0 Å². The zero-order valence-corrected chi connectivity index (χ0v) is 16.8. The summed E-state index contributed by atoms with van der Waals surface area (Å²) in [4.78, 5) is 28.6. The Morgan fingerprint density at radius 3 is 1.87 bits per heavy atom. The van der Waals surface area contributed by atoms with Gasteiger partial charge in [-0.15, -0.1) is 0 Å². The van der Waals surface area contributed by atoms with E-state index in [-0.39, 0.29) is 17.4 Å². The fraction of sp³-hybridized carbons (Fsp3) is 0.364. The minimum Gasteiger partial charge on any atom is -0.494 e. The van der Waals surface area contributed by atoms with Crippen LogP contribution in [0.25, 0.3) is 0 Å². The Balaban J connectivity index is 1.61. The fourth-order valence-electron chi connectivity index (χ4n) is 3.38. The Labute approximate surface area is 173 Å². The van der Waals surface area contributed by atoms with Crippen molar-refractivity contribution in [2.75, 3.05) is 32.8 Å². The summed E-state index contributed by atoms with van der Waals surface area (Å²) in [5.41, 5.74) is 0.835. The van der Waals surface area contributed by atoms with E-state index < -0.39 is 11.7 Å². The summed E-state index contributed by atoms with van der Waals surface area (Å²) in [6.45, 7) is 5.67. The number of hydrogen-bond donors (Lipinski definition) is 0. The molecule has 1 heterocycles. The average molecular weight is 420 g/mol. The molecule has 5 nitrogen and oxygen atoms in total. The molecule has 0 unspecified atom stereocenters. The third-order valence-electron chi connectivity index (χ3n) is 5.03. The monoisotopic (exact) mass is 420 g/mol. The summed E-state index contributed by atoms with van der Waals surface area (Å²) >= 11 is 0. The van der Waals surface area contributed by atoms with Crippen molar-refractivity contribution in [2.24, 2.45) is 0 Å². The summed E-state index contributed by atoms with van der Waals surface area (Å²) in [5, 5.41) is 0. The third-order valence-corrected chi connectivity index (χ3v) is 5.03. The van der Waals surface area contributed by atoms with E-state index in [9.17, 15) is 22.8 Å². The second kappa shape index (κ2) is 8.77. The van der Waals surface area contributed by atoms with Gasteiger partial charge in [0.25, 0.3) is 11.8 Å². The van der Waals surface area contributed by atoms with Gasteiger partial charge < -0.3 is 14.5 Å². The molecule has 0 atom stereocenters. The SMILES string of the molecule is CCOc1ccc(C(=O)N2CCN(C(=O)c3ccc(C(F)(F)F)cc3)CC2)cc1C. The molecule has 30 heavy (non-hydrogen) atoms. The van der Waals surface area contributed by atoms with Crippen LogP contribution in [0.2, 0.25) is 0 Å². The van der Waals surface area contributed by atoms with Crippen LogP contribution in [0.3, 0.4) is 0 Å². The summed E-state index contributed by atoms with van der Waals surface area (Å²) in [6, 6.07) is 9.46. The molecule has 0 radical (unpaired) electrons. The Kier molecular flexibility index (Phi) is 6.34. The molecular formula is C22H23F3N2O3. The van der Waals surface area contributed by atoms with Gasteiger partial charge in [-0.05, 0) is 61.9 Å². The predicted octanol–water partition coefficient (Wildman–Crippen LogP) is 4.01. The molecule has 3 rings (SSSR count). The summed E-state index contributed by atoms with van der Waals surface area (Å²) < 4.78 is 43.5. The van der Waals surface area contributed by atoms with Crippen LogP contribution in [0.4, 0.5) is 13.2 Å². The highest BCUT2D eigenvalue weighted by Crippen LogP contribution is 2.29. The Morgan fingerprint density at radius 1 is 0.900 bits per heavy atom. The van der Waals surface area contributed by atoms with Crippen molar-refractivity contribution in [3.63, 3.8) is 0 Å². The first-order valence-corrected chi connectivity index (χ1v) is 9.70. The van der Waals surface area contributed by atoms with Crippen molar-refractivity contribution in [1.29, 1.82) is 0 Å². The number of aryl methyl sites for hydroxylation is 1. The average Bonchev–Trinajstić information content (AvgIpc) is 2.74. The Morgan fingerprint density at radius 2 is 1.40 bits per heavy atom. The van der Waals surface area contributed by atoms with Crippen molar-refractivity contribution < 1.29 is 27.5 Å². The van der Waals surface area contributed by atoms with Crippen molar-refractivity contribution in [2.45, 2.75) is 20.0 Å². The fourth-order valence-corrected chi connectivity index (χ4v) is 3.38. The number of alkyl halides is 3. The van der Waals surface area contributed by atoms with Gasteiger partial charge in [-0.1, -0.05) is 0 Å². The standard InChI is InChI=1S/C22H23F3N2O3/c1-3-30-19-9-6-17(14-15(19)2)21(29)27-12-10-26(11-13-27)20(28)16-4-7-18(8-5-16)22(23,24)25/h4-9,14H,3,10-13H2,1-2H3. The van der Waals surface area contributed by atoms with E-state index in [1.165, 1.54) is 12.1 Å². The molecule has 1 aliphatic rings. The lowest BCUT2D eigenvalue weighted by molar-refractivity contribution is -0.137. The normalized spacial score (nSPS) is 14.6. The second-order valence-electron chi connectivity index (χ2n) is 7.07. The van der Waals surface area contributed by atoms with E-state index in [1.807, 2.05) is 13.8 Å². The lowest BCUT2D eigenvalue weighted by Crippen LogP contribution is -2.50. The largest absolute Gasteiger partial charge is 0.494 e. The molecule has 8 heteroatoms. The number of halogens is 3. The maximum absolute atomic E-state index is 12.8. The lowest BCUT2D eigenvalue weighted by Gasteiger charge is -2.35. The van der Waals surface area contributed by atoms with Crippen LogP contribution in [0.1, 0.15) is 38.8 Å². The Bertz CT molecular complexity index is 918. The first-order chi connectivity index (χ1) is 14.2. The number of ether oxygens (including phenoxy) is 1. The number of rotatable bonds is 4. The van der Waals surface area contributed by atoms with Crippen LogP contribution in [-0.4, -0.2) is 54.4 Å². The lowest BCUT2D eigenvalue weighted by atomic mass is 10.1. The quantitative estimate of drug-likeness (QED) is 0.751. The summed E-state index contributed by atoms with van der Waals surface area (Å²) in [7, 11) is 0. The number of hydrogen-bond acceptors (Lipinski definition) is 3. The number of benzene rings is 2. The maximum atomic E-state index is 12.8. The zero-order valence-electron chi connectivity index (χ0n) is 16.8. The van der Waals surface area contributed by atoms with Gasteiger partial charge in [0, 0.05) is 37.3 Å². The van der Waals surface area contributed by atoms with Crippen LogP contribution in [-0.2, 0) is 6.18 Å². The van der Waals surface area contributed by atoms with Crippen molar-refractivity contribution in [1.82, 2.24) is 9.80 Å². The van der Waals surface area contributed by atoms with Crippen molar-refractivity contribution in [3.8, 4) is 5.75 Å². The highest BCUT2D eigenvalue weighted by Gasteiger charge is 2.31. The van der Waals surface area contributed by atoms with Gasteiger partial charge in [0.2, 0.25) is 0 Å². The molecule has 2 amide bonds. The molecule has 1 saturated heterocycles. The summed E-state index contributed by atoms with van der Waals surface area (Å²) in [6.07, 6.45) is -4.44. The minimum absolute atomic E-state index is 0.122. The number of carbonyl (C=O) groups is 2. The number of carbonyl (C=O) groups excluding carboxylic acids is 2. The van der Waals surface area contributed by atoms with Gasteiger partial charge in [0.05, 0.1) is 12.2 Å². The molecule has 160 valence electrons. The molecule has 0 bridgehead atoms. The topological polar surface area (TPSA) is 49.9 Å². The maximum Gasteiger partial charge on any atom is 0.416 e. The molecular weight excluding hydrogens is 397 g/mol.